The molecule has 130 valence electrons. The van der Waals surface area contributed by atoms with E-state index in [1.807, 2.05) is 0 Å². The zero-order valence-electron chi connectivity index (χ0n) is 12.5. The molecule has 0 aliphatic carbocycles. The summed E-state index contributed by atoms with van der Waals surface area (Å²) in [4.78, 5) is 9.68. The molecule has 6 nitrogen and oxygen atoms in total. The number of nitro benzene ring substituents is 1. The number of rotatable bonds is 3. The van der Waals surface area contributed by atoms with Crippen molar-refractivity contribution in [3.63, 3.8) is 0 Å². The molecule has 24 heavy (non-hydrogen) atoms. The Balaban J connectivity index is 0.000000254. The number of halogens is 4. The average molecular weight is 470 g/mol. The van der Waals surface area contributed by atoms with Gasteiger partial charge in [-0.3, -0.25) is 10.1 Å². The lowest BCUT2D eigenvalue weighted by Crippen LogP contribution is -1.97. The highest BCUT2D eigenvalue weighted by atomic mass is 79.9. The number of ether oxygens (including phenoxy) is 2. The van der Waals surface area contributed by atoms with E-state index in [2.05, 4.69) is 31.9 Å². The Morgan fingerprint density at radius 3 is 2.21 bits per heavy atom. The number of nitro groups is 1. The molecule has 0 atom stereocenters. The van der Waals surface area contributed by atoms with Crippen LogP contribution < -0.4 is 15.2 Å². The minimum Gasteiger partial charge on any atom is -0.497 e. The van der Waals surface area contributed by atoms with Crippen LogP contribution in [0.4, 0.5) is 20.2 Å². The van der Waals surface area contributed by atoms with E-state index in [1.54, 1.807) is 0 Å². The maximum Gasteiger partial charge on any atom is 0.322 e. The van der Waals surface area contributed by atoms with E-state index in [4.69, 9.17) is 15.2 Å². The van der Waals surface area contributed by atoms with Crippen molar-refractivity contribution in [3.8, 4) is 11.5 Å². The van der Waals surface area contributed by atoms with Crippen LogP contribution >= 0.6 is 31.9 Å². The lowest BCUT2D eigenvalue weighted by atomic mass is 10.3. The SMILES string of the molecule is COc1c(Br)cc(F)c([N+](=O)[O-])c1Br.COc1ccc(F)c(N)c1. The van der Waals surface area contributed by atoms with Crippen LogP contribution in [0.2, 0.25) is 0 Å². The third-order valence-corrected chi connectivity index (χ3v) is 4.02. The fourth-order valence-corrected chi connectivity index (χ4v) is 3.10. The molecule has 0 spiro atoms. The topological polar surface area (TPSA) is 87.6 Å². The predicted octanol–water partition coefficient (Wildman–Crippen LogP) is 4.68. The van der Waals surface area contributed by atoms with Crippen molar-refractivity contribution in [3.05, 3.63) is 55.0 Å². The Kier molecular flexibility index (Phi) is 7.36. The summed E-state index contributed by atoms with van der Waals surface area (Å²) in [5.41, 5.74) is 4.72. The van der Waals surface area contributed by atoms with E-state index in [-0.39, 0.29) is 15.9 Å². The molecule has 2 N–H and O–H groups in total. The van der Waals surface area contributed by atoms with Crippen molar-refractivity contribution >= 4 is 43.2 Å². The van der Waals surface area contributed by atoms with Gasteiger partial charge in [-0.1, -0.05) is 0 Å². The summed E-state index contributed by atoms with van der Waals surface area (Å²) in [6, 6.07) is 5.22. The smallest absolute Gasteiger partial charge is 0.322 e. The quantitative estimate of drug-likeness (QED) is 0.400. The Morgan fingerprint density at radius 2 is 1.75 bits per heavy atom. The maximum atomic E-state index is 13.1. The molecule has 0 aliphatic rings. The van der Waals surface area contributed by atoms with E-state index < -0.39 is 22.2 Å². The first-order valence-corrected chi connectivity index (χ1v) is 7.76. The van der Waals surface area contributed by atoms with Crippen molar-refractivity contribution in [2.45, 2.75) is 0 Å². The molecule has 2 aromatic carbocycles. The first-order chi connectivity index (χ1) is 11.2. The third-order valence-electron chi connectivity index (χ3n) is 2.69. The van der Waals surface area contributed by atoms with Crippen LogP contribution in [-0.2, 0) is 0 Å². The van der Waals surface area contributed by atoms with Crippen LogP contribution in [0.25, 0.3) is 0 Å². The number of anilines is 1. The molecule has 0 aromatic heterocycles. The van der Waals surface area contributed by atoms with Gasteiger partial charge >= 0.3 is 5.69 Å². The molecule has 0 bridgehead atoms. The van der Waals surface area contributed by atoms with Crippen LogP contribution in [0, 0.1) is 21.7 Å². The molecule has 0 amide bonds. The first kappa shape index (κ1) is 20.1. The lowest BCUT2D eigenvalue weighted by molar-refractivity contribution is -0.388. The maximum absolute atomic E-state index is 13.1. The molecule has 0 fully saturated rings. The third kappa shape index (κ3) is 4.78. The Bertz CT molecular complexity index is 760. The molecule has 2 rings (SSSR count). The highest BCUT2D eigenvalue weighted by molar-refractivity contribution is 9.11. The molecule has 0 unspecified atom stereocenters. The summed E-state index contributed by atoms with van der Waals surface area (Å²) in [7, 11) is 2.85. The van der Waals surface area contributed by atoms with Gasteiger partial charge in [0.15, 0.2) is 5.75 Å². The molecule has 0 saturated carbocycles. The monoisotopic (exact) mass is 468 g/mol. The van der Waals surface area contributed by atoms with Gasteiger partial charge in [-0.05, 0) is 50.1 Å². The highest BCUT2D eigenvalue weighted by Gasteiger charge is 2.24. The molecule has 0 radical (unpaired) electrons. The van der Waals surface area contributed by atoms with E-state index in [0.717, 1.165) is 6.07 Å². The summed E-state index contributed by atoms with van der Waals surface area (Å²) in [5.74, 6) is -0.577. The van der Waals surface area contributed by atoms with Crippen molar-refractivity contribution in [2.24, 2.45) is 0 Å². The van der Waals surface area contributed by atoms with Gasteiger partial charge in [0.2, 0.25) is 5.82 Å². The highest BCUT2D eigenvalue weighted by Crippen LogP contribution is 2.41. The molecular formula is C14H12Br2F2N2O4. The van der Waals surface area contributed by atoms with Gasteiger partial charge in [-0.25, -0.2) is 4.39 Å². The van der Waals surface area contributed by atoms with Gasteiger partial charge in [0.05, 0.1) is 29.3 Å². The molecule has 0 heterocycles. The Morgan fingerprint density at radius 1 is 1.12 bits per heavy atom. The molecule has 2 aromatic rings. The van der Waals surface area contributed by atoms with Gasteiger partial charge in [0, 0.05) is 6.07 Å². The summed E-state index contributed by atoms with van der Waals surface area (Å²) in [6.07, 6.45) is 0. The van der Waals surface area contributed by atoms with Gasteiger partial charge in [-0.2, -0.15) is 4.39 Å². The van der Waals surface area contributed by atoms with Crippen LogP contribution in [0.5, 0.6) is 11.5 Å². The number of nitrogens with two attached hydrogens (primary N) is 1. The number of nitrogen functional groups attached to an aromatic ring is 1. The Labute approximate surface area is 153 Å². The fraction of sp³-hybridized carbons (Fsp3) is 0.143. The minimum atomic E-state index is -0.922. The molecule has 0 aliphatic heterocycles. The average Bonchev–Trinajstić information content (AvgIpc) is 2.50. The normalized spacial score (nSPS) is 9.75. The summed E-state index contributed by atoms with van der Waals surface area (Å²) >= 11 is 5.93. The zero-order chi connectivity index (χ0) is 18.4. The predicted molar refractivity (Wildman–Crippen MR) is 92.4 cm³/mol. The number of methoxy groups -OCH3 is 2. The van der Waals surface area contributed by atoms with Gasteiger partial charge in [0.25, 0.3) is 0 Å². The Hall–Kier alpha value is -1.94. The van der Waals surface area contributed by atoms with Crippen LogP contribution in [-0.4, -0.2) is 19.1 Å². The number of benzene rings is 2. The van der Waals surface area contributed by atoms with E-state index >= 15 is 0 Å². The minimum absolute atomic E-state index is 0.0168. The number of hydrogen-bond acceptors (Lipinski definition) is 5. The fourth-order valence-electron chi connectivity index (χ4n) is 1.57. The van der Waals surface area contributed by atoms with E-state index in [9.17, 15) is 18.9 Å². The van der Waals surface area contributed by atoms with Crippen molar-refractivity contribution in [1.82, 2.24) is 0 Å². The standard InChI is InChI=1S/C7H4Br2FNO3.C7H8FNO/c1-14-7-3(8)2-4(10)6(5(7)9)11(12)13;1-10-5-2-3-6(8)7(9)4-5/h2H,1H3;2-4H,9H2,1H3. The molecular weight excluding hydrogens is 458 g/mol. The second-order valence-corrected chi connectivity index (χ2v) is 5.83. The van der Waals surface area contributed by atoms with Gasteiger partial charge in [0.1, 0.15) is 16.0 Å². The van der Waals surface area contributed by atoms with Crippen molar-refractivity contribution < 1.29 is 23.2 Å². The second-order valence-electron chi connectivity index (χ2n) is 4.18. The zero-order valence-corrected chi connectivity index (χ0v) is 15.7. The van der Waals surface area contributed by atoms with Crippen molar-refractivity contribution in [2.75, 3.05) is 20.0 Å². The van der Waals surface area contributed by atoms with E-state index in [1.165, 1.54) is 32.4 Å². The van der Waals surface area contributed by atoms with Crippen molar-refractivity contribution in [1.29, 1.82) is 0 Å². The van der Waals surface area contributed by atoms with Crippen LogP contribution in [0.1, 0.15) is 0 Å². The van der Waals surface area contributed by atoms with Crippen LogP contribution in [0.3, 0.4) is 0 Å². The number of nitrogens with zero attached hydrogens (tertiary/aromatic N) is 1. The second kappa shape index (κ2) is 8.78. The van der Waals surface area contributed by atoms with Gasteiger partial charge in [-0.15, -0.1) is 0 Å². The molecule has 10 heteroatoms. The summed E-state index contributed by atoms with van der Waals surface area (Å²) in [6.45, 7) is 0. The van der Waals surface area contributed by atoms with E-state index in [0.29, 0.717) is 10.2 Å². The molecule has 0 saturated heterocycles. The summed E-state index contributed by atoms with van der Waals surface area (Å²) in [5, 5.41) is 10.5. The van der Waals surface area contributed by atoms with Crippen LogP contribution in [0.15, 0.2) is 33.2 Å². The largest absolute Gasteiger partial charge is 0.497 e. The summed E-state index contributed by atoms with van der Waals surface area (Å²) < 4.78 is 35.5. The number of hydrogen-bond donors (Lipinski definition) is 1. The lowest BCUT2D eigenvalue weighted by Gasteiger charge is -2.06. The van der Waals surface area contributed by atoms with Gasteiger partial charge < -0.3 is 15.2 Å². The first-order valence-electron chi connectivity index (χ1n) is 6.17.